The van der Waals surface area contributed by atoms with Crippen molar-refractivity contribution in [3.8, 4) is 0 Å². The maximum Gasteiger partial charge on any atom is 0.338 e. The number of carbonyl (C=O) groups excluding carboxylic acids is 3. The molecule has 1 unspecified atom stereocenters. The highest BCUT2D eigenvalue weighted by molar-refractivity contribution is 6.05. The highest BCUT2D eigenvalue weighted by Gasteiger charge is 2.25. The third-order valence-corrected chi connectivity index (χ3v) is 15.8. The number of allylic oxidation sites excluding steroid dienone is 3. The summed E-state index contributed by atoms with van der Waals surface area (Å²) in [5, 5.41) is 11.2. The second-order valence-electron chi connectivity index (χ2n) is 23.9. The normalized spacial score (nSPS) is 11.7. The molecule has 7 nitrogen and oxygen atoms in total. The number of aryl methyl sites for hydroxylation is 4. The van der Waals surface area contributed by atoms with Crippen LogP contribution in [0.15, 0.2) is 152 Å². The van der Waals surface area contributed by atoms with Crippen molar-refractivity contribution >= 4 is 23.5 Å². The molecule has 0 saturated heterocycles. The molecule has 498 valence electrons. The Kier molecular flexibility index (Phi) is 54.6. The molecule has 6 rings (SSSR count). The van der Waals surface area contributed by atoms with E-state index >= 15 is 0 Å². The molecule has 0 bridgehead atoms. The summed E-state index contributed by atoms with van der Waals surface area (Å²) in [6.07, 6.45) is 37.0. The van der Waals surface area contributed by atoms with E-state index in [1.54, 1.807) is 13.0 Å². The molecule has 2 amide bonds. The molecule has 0 aromatic heterocycles. The van der Waals surface area contributed by atoms with E-state index in [1.807, 2.05) is 150 Å². The van der Waals surface area contributed by atoms with Crippen molar-refractivity contribution in [3.63, 3.8) is 0 Å². The predicted octanol–water partition coefficient (Wildman–Crippen LogP) is 24.0. The molecule has 5 aromatic carbocycles. The maximum atomic E-state index is 12.0. The van der Waals surface area contributed by atoms with Gasteiger partial charge in [0.25, 0.3) is 11.8 Å². The van der Waals surface area contributed by atoms with Crippen LogP contribution in [0.25, 0.3) is 0 Å². The second-order valence-corrected chi connectivity index (χ2v) is 23.9. The molecular formula is C82H130N2O5. The van der Waals surface area contributed by atoms with E-state index in [4.69, 9.17) is 9.84 Å². The van der Waals surface area contributed by atoms with Crippen LogP contribution in [0.2, 0.25) is 0 Å². The maximum absolute atomic E-state index is 12.0. The van der Waals surface area contributed by atoms with Crippen LogP contribution in [0.3, 0.4) is 0 Å². The largest absolute Gasteiger partial charge is 0.462 e. The van der Waals surface area contributed by atoms with Crippen LogP contribution >= 0.6 is 0 Å². The van der Waals surface area contributed by atoms with Crippen molar-refractivity contribution in [2.75, 3.05) is 25.0 Å². The van der Waals surface area contributed by atoms with Gasteiger partial charge in [-0.3, -0.25) is 9.59 Å². The number of nitrogens with zero attached hydrogens (tertiary/aromatic N) is 1. The zero-order valence-corrected chi connectivity index (χ0v) is 59.7. The smallest absolute Gasteiger partial charge is 0.338 e. The molecule has 1 aliphatic carbocycles. The average molecular weight is 1220 g/mol. The summed E-state index contributed by atoms with van der Waals surface area (Å²) in [7, 11) is 0. The van der Waals surface area contributed by atoms with Gasteiger partial charge in [-0.25, -0.2) is 4.79 Å². The zero-order valence-electron chi connectivity index (χ0n) is 59.7. The van der Waals surface area contributed by atoms with Gasteiger partial charge in [0, 0.05) is 29.9 Å². The van der Waals surface area contributed by atoms with Crippen molar-refractivity contribution in [3.05, 3.63) is 196 Å². The summed E-state index contributed by atoms with van der Waals surface area (Å²) in [5.74, 6) is -0.155. The number of benzene rings is 5. The van der Waals surface area contributed by atoms with Crippen LogP contribution in [-0.2, 0) is 11.2 Å². The van der Waals surface area contributed by atoms with Gasteiger partial charge in [0.05, 0.1) is 18.3 Å². The third kappa shape index (κ3) is 44.1. The van der Waals surface area contributed by atoms with Crippen LogP contribution in [0.4, 0.5) is 5.69 Å². The van der Waals surface area contributed by atoms with Gasteiger partial charge in [0.1, 0.15) is 0 Å². The molecule has 2 N–H and O–H groups in total. The molecule has 5 aromatic rings. The first-order chi connectivity index (χ1) is 42.8. The monoisotopic (exact) mass is 1220 g/mol. The van der Waals surface area contributed by atoms with Gasteiger partial charge in [-0.15, -0.1) is 0 Å². The lowest BCUT2D eigenvalue weighted by Gasteiger charge is -2.32. The molecule has 1 aliphatic rings. The van der Waals surface area contributed by atoms with Crippen molar-refractivity contribution < 1.29 is 24.2 Å². The predicted molar refractivity (Wildman–Crippen MR) is 390 cm³/mol. The van der Waals surface area contributed by atoms with Crippen molar-refractivity contribution in [1.29, 1.82) is 0 Å². The Labute approximate surface area is 547 Å². The Morgan fingerprint density at radius 2 is 0.944 bits per heavy atom. The molecule has 0 saturated carbocycles. The van der Waals surface area contributed by atoms with Crippen LogP contribution < -0.4 is 5.32 Å². The van der Waals surface area contributed by atoms with Crippen LogP contribution in [-0.4, -0.2) is 53.6 Å². The minimum absolute atomic E-state index is 0.0655. The van der Waals surface area contributed by atoms with Crippen LogP contribution in [0.1, 0.15) is 290 Å². The summed E-state index contributed by atoms with van der Waals surface area (Å²) in [6.45, 7) is 39.3. The van der Waals surface area contributed by atoms with Gasteiger partial charge in [-0.2, -0.15) is 0 Å². The number of ether oxygens (including phenoxy) is 1. The summed E-state index contributed by atoms with van der Waals surface area (Å²) in [6, 6.07) is 40.7. The number of anilines is 1. The fourth-order valence-electron chi connectivity index (χ4n) is 9.42. The Bertz CT molecular complexity index is 2510. The van der Waals surface area contributed by atoms with E-state index in [9.17, 15) is 14.4 Å². The lowest BCUT2D eigenvalue weighted by atomic mass is 9.73. The average Bonchev–Trinajstić information content (AvgIpc) is 3.66. The lowest BCUT2D eigenvalue weighted by Crippen LogP contribution is -2.30. The Morgan fingerprint density at radius 1 is 0.539 bits per heavy atom. The Hall–Kier alpha value is -6.05. The number of carbonyl (C=O) groups is 3. The van der Waals surface area contributed by atoms with E-state index in [2.05, 4.69) is 104 Å². The molecule has 0 spiro atoms. The second kappa shape index (κ2) is 57.1. The molecule has 0 radical (unpaired) electrons. The minimum atomic E-state index is -0.222. The van der Waals surface area contributed by atoms with Crippen LogP contribution in [0, 0.1) is 33.1 Å². The van der Waals surface area contributed by atoms with Gasteiger partial charge < -0.3 is 20.1 Å². The van der Waals surface area contributed by atoms with Crippen LogP contribution in [0.5, 0.6) is 0 Å². The highest BCUT2D eigenvalue weighted by atomic mass is 16.5. The SMILES string of the molecule is C=C(C)Cc1ccc(C)cc1.CCC(C)O.CCC1(CC)CC=CCC1.CCCCCCCCC.CCCCCCCCCCC.CCCOC(=O)c1ccccc1C.CCN(CC)C(=O)c1ccccc1C.Cc1ccccc1C(=O)Nc1ccccc1. The Morgan fingerprint density at radius 3 is 1.29 bits per heavy atom. The van der Waals surface area contributed by atoms with E-state index < -0.39 is 0 Å². The first-order valence-electron chi connectivity index (χ1n) is 34.9. The number of hydrogen-bond acceptors (Lipinski definition) is 5. The highest BCUT2D eigenvalue weighted by Crippen LogP contribution is 2.38. The van der Waals surface area contributed by atoms with Gasteiger partial charge >= 0.3 is 5.97 Å². The van der Waals surface area contributed by atoms with Crippen molar-refractivity contribution in [2.45, 2.75) is 271 Å². The third-order valence-electron chi connectivity index (χ3n) is 15.8. The zero-order chi connectivity index (χ0) is 66.9. The molecule has 0 heterocycles. The molecule has 1 atom stereocenters. The van der Waals surface area contributed by atoms with Crippen molar-refractivity contribution in [2.24, 2.45) is 5.41 Å². The van der Waals surface area contributed by atoms with Gasteiger partial charge in [-0.05, 0) is 152 Å². The van der Waals surface area contributed by atoms with E-state index in [1.165, 1.54) is 152 Å². The summed E-state index contributed by atoms with van der Waals surface area (Å²) >= 11 is 0. The number of rotatable bonds is 27. The van der Waals surface area contributed by atoms with E-state index in [0.29, 0.717) is 23.1 Å². The topological polar surface area (TPSA) is 95.9 Å². The fourth-order valence-corrected chi connectivity index (χ4v) is 9.42. The van der Waals surface area contributed by atoms with E-state index in [-0.39, 0.29) is 23.9 Å². The van der Waals surface area contributed by atoms with Gasteiger partial charge in [-0.1, -0.05) is 298 Å². The Balaban J connectivity index is 0. The molecular weight excluding hydrogens is 1090 g/mol. The quantitative estimate of drug-likeness (QED) is 0.0310. The first kappa shape index (κ1) is 85.0. The number of esters is 1. The minimum Gasteiger partial charge on any atom is -0.462 e. The van der Waals surface area contributed by atoms with Gasteiger partial charge in [0.15, 0.2) is 0 Å². The number of amides is 2. The molecule has 0 fully saturated rings. The number of aliphatic hydroxyl groups is 1. The standard InChI is InChI=1S/C14H13NO.C12H17NO.C11H14O2.C11H14.C11H24.C10H18.C9H20.C4H10O/c1-11-7-5-6-10-13(11)14(16)15-12-8-3-2-4-9-12;1-4-13(5-2)12(14)11-9-7-6-8-10(11)3;1-3-8-13-11(12)10-7-5-4-6-9(10)2;1-9(2)8-11-6-4-10(3)5-7-11;1-3-5-7-9-11-10-8-6-4-2;1-3-10(4-2)8-6-5-7-9-10;1-3-5-7-9-8-6-4-2;1-3-4(2)5/h2-10H,1H3,(H,15,16);6-9H,4-5H2,1-3H3;4-7H,3,8H2,1-2H3;4-7H,1,8H2,2-3H3;3-11H2,1-2H3;5-6H,3-4,7-9H2,1-2H3;3-9H2,1-2H3;4-5H,3H2,1-2H3. The summed E-state index contributed by atoms with van der Waals surface area (Å²) in [5.41, 5.74) is 10.6. The lowest BCUT2D eigenvalue weighted by molar-refractivity contribution is 0.0503. The summed E-state index contributed by atoms with van der Waals surface area (Å²) in [4.78, 5) is 37.1. The van der Waals surface area contributed by atoms with E-state index in [0.717, 1.165) is 60.3 Å². The number of aliphatic hydroxyl groups excluding tert-OH is 1. The molecule has 7 heteroatoms. The fraction of sp³-hybridized carbons (Fsp3) is 0.549. The number of nitrogens with one attached hydrogen (secondary N) is 1. The molecule has 0 aliphatic heterocycles. The number of unbranched alkanes of at least 4 members (excludes halogenated alkanes) is 14. The van der Waals surface area contributed by atoms with Crippen molar-refractivity contribution in [1.82, 2.24) is 4.90 Å². The first-order valence-corrected chi connectivity index (χ1v) is 34.9. The molecule has 89 heavy (non-hydrogen) atoms. The van der Waals surface area contributed by atoms with Gasteiger partial charge in [0.2, 0.25) is 0 Å². The summed E-state index contributed by atoms with van der Waals surface area (Å²) < 4.78 is 5.02. The number of hydrogen-bond donors (Lipinski definition) is 2. The number of para-hydroxylation sites is 1.